The molecule has 1 N–H and O–H groups in total. The van der Waals surface area contributed by atoms with E-state index in [0.29, 0.717) is 37.9 Å². The minimum atomic E-state index is -0.553. The van der Waals surface area contributed by atoms with Crippen molar-refractivity contribution >= 4 is 51.9 Å². The lowest BCUT2D eigenvalue weighted by Crippen LogP contribution is -2.13. The Morgan fingerprint density at radius 1 is 1.29 bits per heavy atom. The van der Waals surface area contributed by atoms with Gasteiger partial charge >= 0.3 is 0 Å². The highest BCUT2D eigenvalue weighted by atomic mass is 127. The van der Waals surface area contributed by atoms with Crippen LogP contribution >= 0.6 is 34.2 Å². The number of rotatable bonds is 7. The van der Waals surface area contributed by atoms with Crippen LogP contribution < -0.4 is 14.8 Å². The SMILES string of the molecule is CCOc1cc(/C=C(\C#N)C(=O)Nc2cccc(Cl)c2)cc(I)c1OCC#N. The van der Waals surface area contributed by atoms with Crippen molar-refractivity contribution in [3.8, 4) is 23.6 Å². The second kappa shape index (κ2) is 10.5. The van der Waals surface area contributed by atoms with E-state index in [2.05, 4.69) is 5.32 Å². The van der Waals surface area contributed by atoms with Gasteiger partial charge in [-0.25, -0.2) is 0 Å². The molecule has 0 fully saturated rings. The van der Waals surface area contributed by atoms with Gasteiger partial charge in [0.2, 0.25) is 0 Å². The summed E-state index contributed by atoms with van der Waals surface area (Å²) in [7, 11) is 0. The molecule has 2 aromatic carbocycles. The van der Waals surface area contributed by atoms with Crippen molar-refractivity contribution in [2.75, 3.05) is 18.5 Å². The molecule has 0 saturated carbocycles. The lowest BCUT2D eigenvalue weighted by Gasteiger charge is -2.13. The summed E-state index contributed by atoms with van der Waals surface area (Å²) in [6, 6.07) is 13.9. The van der Waals surface area contributed by atoms with Crippen molar-refractivity contribution in [1.82, 2.24) is 0 Å². The standard InChI is InChI=1S/C20H15ClIN3O3/c1-2-27-18-10-13(9-17(22)19(18)28-7-6-23)8-14(12-24)20(26)25-16-5-3-4-15(21)11-16/h3-5,8-11H,2,7H2,1H3,(H,25,26)/b14-8+. The maximum atomic E-state index is 12.4. The smallest absolute Gasteiger partial charge is 0.266 e. The Kier molecular flexibility index (Phi) is 8.12. The van der Waals surface area contributed by atoms with Crippen molar-refractivity contribution in [3.63, 3.8) is 0 Å². The minimum absolute atomic E-state index is 0.0797. The molecule has 0 unspecified atom stereocenters. The van der Waals surface area contributed by atoms with Crippen LogP contribution in [0.25, 0.3) is 6.08 Å². The Hall–Kier alpha value is -2.75. The van der Waals surface area contributed by atoms with E-state index < -0.39 is 5.91 Å². The fraction of sp³-hybridized carbons (Fsp3) is 0.150. The number of carbonyl (C=O) groups is 1. The van der Waals surface area contributed by atoms with Gasteiger partial charge in [-0.1, -0.05) is 17.7 Å². The number of nitrogens with one attached hydrogen (secondary N) is 1. The zero-order valence-corrected chi connectivity index (χ0v) is 17.7. The average molecular weight is 508 g/mol. The maximum absolute atomic E-state index is 12.4. The highest BCUT2D eigenvalue weighted by Crippen LogP contribution is 2.35. The second-order valence-electron chi connectivity index (χ2n) is 5.34. The molecule has 6 nitrogen and oxygen atoms in total. The molecule has 0 aliphatic heterocycles. The van der Waals surface area contributed by atoms with Gasteiger partial charge in [0, 0.05) is 10.7 Å². The highest BCUT2D eigenvalue weighted by molar-refractivity contribution is 14.1. The van der Waals surface area contributed by atoms with Crippen LogP contribution in [0.15, 0.2) is 42.0 Å². The second-order valence-corrected chi connectivity index (χ2v) is 6.94. The van der Waals surface area contributed by atoms with E-state index in [0.717, 1.165) is 0 Å². The number of ether oxygens (including phenoxy) is 2. The zero-order valence-electron chi connectivity index (χ0n) is 14.8. The number of nitrogens with zero attached hydrogens (tertiary/aromatic N) is 2. The summed E-state index contributed by atoms with van der Waals surface area (Å²) in [6.07, 6.45) is 1.46. The number of hydrogen-bond donors (Lipinski definition) is 1. The number of nitriles is 2. The van der Waals surface area contributed by atoms with Gasteiger partial charge in [-0.05, 0) is 71.5 Å². The van der Waals surface area contributed by atoms with Crippen LogP contribution in [0.5, 0.6) is 11.5 Å². The lowest BCUT2D eigenvalue weighted by atomic mass is 10.1. The van der Waals surface area contributed by atoms with Crippen LogP contribution in [0.1, 0.15) is 12.5 Å². The number of hydrogen-bond acceptors (Lipinski definition) is 5. The van der Waals surface area contributed by atoms with Crippen LogP contribution in [-0.2, 0) is 4.79 Å². The van der Waals surface area contributed by atoms with Gasteiger partial charge in [0.15, 0.2) is 18.1 Å². The van der Waals surface area contributed by atoms with Gasteiger partial charge in [-0.15, -0.1) is 0 Å². The number of amides is 1. The molecule has 142 valence electrons. The van der Waals surface area contributed by atoms with Gasteiger partial charge < -0.3 is 14.8 Å². The summed E-state index contributed by atoms with van der Waals surface area (Å²) in [5.74, 6) is 0.328. The summed E-state index contributed by atoms with van der Waals surface area (Å²) >= 11 is 7.96. The molecule has 2 rings (SSSR count). The van der Waals surface area contributed by atoms with Crippen molar-refractivity contribution < 1.29 is 14.3 Å². The Balaban J connectivity index is 2.33. The lowest BCUT2D eigenvalue weighted by molar-refractivity contribution is -0.112. The van der Waals surface area contributed by atoms with E-state index in [-0.39, 0.29) is 12.2 Å². The number of benzene rings is 2. The van der Waals surface area contributed by atoms with E-state index in [1.54, 1.807) is 36.4 Å². The van der Waals surface area contributed by atoms with Crippen LogP contribution in [0, 0.1) is 26.2 Å². The normalized spacial score (nSPS) is 10.5. The van der Waals surface area contributed by atoms with Crippen LogP contribution in [0.2, 0.25) is 5.02 Å². The Morgan fingerprint density at radius 2 is 2.07 bits per heavy atom. The molecule has 0 aliphatic rings. The fourth-order valence-corrected chi connectivity index (χ4v) is 3.23. The molecule has 8 heteroatoms. The molecule has 28 heavy (non-hydrogen) atoms. The van der Waals surface area contributed by atoms with Crippen molar-refractivity contribution in [3.05, 3.63) is 56.1 Å². The molecule has 0 aliphatic carbocycles. The molecule has 2 aromatic rings. The monoisotopic (exact) mass is 507 g/mol. The first-order valence-corrected chi connectivity index (χ1v) is 9.59. The Labute approximate surface area is 181 Å². The summed E-state index contributed by atoms with van der Waals surface area (Å²) in [5.41, 5.74) is 1.00. The molecule has 0 saturated heterocycles. The first-order chi connectivity index (χ1) is 13.5. The molecule has 0 radical (unpaired) electrons. The Bertz CT molecular complexity index is 993. The van der Waals surface area contributed by atoms with Gasteiger partial charge in [0.25, 0.3) is 5.91 Å². The topological polar surface area (TPSA) is 95.1 Å². The highest BCUT2D eigenvalue weighted by Gasteiger charge is 2.14. The van der Waals surface area contributed by atoms with E-state index in [1.165, 1.54) is 6.08 Å². The van der Waals surface area contributed by atoms with Crippen molar-refractivity contribution in [2.45, 2.75) is 6.92 Å². The van der Waals surface area contributed by atoms with Gasteiger partial charge in [0.1, 0.15) is 17.7 Å². The largest absolute Gasteiger partial charge is 0.490 e. The van der Waals surface area contributed by atoms with Gasteiger partial charge in [0.05, 0.1) is 10.2 Å². The molecule has 0 aromatic heterocycles. The Morgan fingerprint density at radius 3 is 2.71 bits per heavy atom. The van der Waals surface area contributed by atoms with E-state index in [1.807, 2.05) is 41.7 Å². The average Bonchev–Trinajstić information content (AvgIpc) is 2.65. The molecule has 0 bridgehead atoms. The van der Waals surface area contributed by atoms with Crippen LogP contribution in [0.4, 0.5) is 5.69 Å². The minimum Gasteiger partial charge on any atom is -0.490 e. The van der Waals surface area contributed by atoms with Crippen LogP contribution in [-0.4, -0.2) is 19.1 Å². The first kappa shape index (κ1) is 21.5. The first-order valence-electron chi connectivity index (χ1n) is 8.13. The predicted molar refractivity (Wildman–Crippen MR) is 115 cm³/mol. The molecule has 0 spiro atoms. The van der Waals surface area contributed by atoms with E-state index in [9.17, 15) is 10.1 Å². The van der Waals surface area contributed by atoms with Crippen molar-refractivity contribution in [1.29, 1.82) is 10.5 Å². The third kappa shape index (κ3) is 5.88. The molecular formula is C20H15ClIN3O3. The molecular weight excluding hydrogens is 493 g/mol. The number of carbonyl (C=O) groups excluding carboxylic acids is 1. The quantitative estimate of drug-likeness (QED) is 0.330. The molecule has 0 heterocycles. The maximum Gasteiger partial charge on any atom is 0.266 e. The summed E-state index contributed by atoms with van der Waals surface area (Å²) < 4.78 is 11.7. The third-order valence-corrected chi connectivity index (χ3v) is 4.41. The van der Waals surface area contributed by atoms with Crippen molar-refractivity contribution in [2.24, 2.45) is 0 Å². The third-order valence-electron chi connectivity index (χ3n) is 3.37. The van der Waals surface area contributed by atoms with Crippen LogP contribution in [0.3, 0.4) is 0 Å². The summed E-state index contributed by atoms with van der Waals surface area (Å²) in [5, 5.41) is 21.2. The molecule has 0 atom stereocenters. The number of anilines is 1. The zero-order chi connectivity index (χ0) is 20.5. The molecule has 1 amide bonds. The summed E-state index contributed by atoms with van der Waals surface area (Å²) in [6.45, 7) is 2.10. The van der Waals surface area contributed by atoms with E-state index in [4.69, 9.17) is 26.3 Å². The summed E-state index contributed by atoms with van der Waals surface area (Å²) in [4.78, 5) is 12.4. The van der Waals surface area contributed by atoms with E-state index >= 15 is 0 Å². The fourth-order valence-electron chi connectivity index (χ4n) is 2.26. The van der Waals surface area contributed by atoms with Gasteiger partial charge in [-0.3, -0.25) is 4.79 Å². The predicted octanol–water partition coefficient (Wildman–Crippen LogP) is 4.79. The van der Waals surface area contributed by atoms with Gasteiger partial charge in [-0.2, -0.15) is 10.5 Å². The number of halogens is 2.